The molecular formula is C27H34NO4P. The van der Waals surface area contributed by atoms with Crippen molar-refractivity contribution in [2.24, 2.45) is 0 Å². The van der Waals surface area contributed by atoms with E-state index in [9.17, 15) is 0 Å². The summed E-state index contributed by atoms with van der Waals surface area (Å²) in [5.41, 5.74) is 0. The molecule has 0 radical (unpaired) electrons. The van der Waals surface area contributed by atoms with E-state index in [1.54, 1.807) is 0 Å². The molecule has 3 rings (SSSR count). The van der Waals surface area contributed by atoms with E-state index < -0.39 is 19.2 Å². The van der Waals surface area contributed by atoms with E-state index in [1.165, 1.54) is 28.5 Å². The number of hydrogen-bond donors (Lipinski definition) is 1. The van der Waals surface area contributed by atoms with Gasteiger partial charge in [-0.05, 0) is 63.8 Å². The molecule has 0 unspecified atom stereocenters. The van der Waals surface area contributed by atoms with Crippen LogP contribution in [0, 0.1) is 0 Å². The summed E-state index contributed by atoms with van der Waals surface area (Å²) < 4.78 is 0. The van der Waals surface area contributed by atoms with Gasteiger partial charge in [0.1, 0.15) is 23.2 Å². The number of benzene rings is 3. The molecule has 0 heterocycles. The van der Waals surface area contributed by atoms with Gasteiger partial charge in [0.2, 0.25) is 0 Å². The molecule has 6 heteroatoms. The normalized spacial score (nSPS) is 10.3. The number of carboxylic acids is 2. The molecule has 3 aromatic carbocycles. The second-order valence-electron chi connectivity index (χ2n) is 7.71. The van der Waals surface area contributed by atoms with Crippen LogP contribution in [0.3, 0.4) is 0 Å². The summed E-state index contributed by atoms with van der Waals surface area (Å²) in [6, 6.07) is 33.4. The van der Waals surface area contributed by atoms with Crippen LogP contribution < -0.4 is 21.0 Å². The Hall–Kier alpha value is -3.01. The van der Waals surface area contributed by atoms with Crippen LogP contribution in [0.1, 0.15) is 20.3 Å². The van der Waals surface area contributed by atoms with Gasteiger partial charge >= 0.3 is 0 Å². The molecule has 0 bridgehead atoms. The smallest absolute Gasteiger partial charge is 0.300 e. The fourth-order valence-electron chi connectivity index (χ4n) is 3.51. The van der Waals surface area contributed by atoms with Gasteiger partial charge in [-0.2, -0.15) is 0 Å². The summed E-state index contributed by atoms with van der Waals surface area (Å²) >= 11 is 0. The molecule has 0 atom stereocenters. The molecule has 0 aliphatic heterocycles. The van der Waals surface area contributed by atoms with Crippen molar-refractivity contribution < 1.29 is 19.8 Å². The largest absolute Gasteiger partial charge is 0.550 e. The molecule has 5 nitrogen and oxygen atoms in total. The monoisotopic (exact) mass is 467 g/mol. The second kappa shape index (κ2) is 14.9. The van der Waals surface area contributed by atoms with Crippen molar-refractivity contribution in [3.63, 3.8) is 0 Å². The molecule has 0 aliphatic rings. The molecule has 33 heavy (non-hydrogen) atoms. The summed E-state index contributed by atoms with van der Waals surface area (Å²) in [5, 5.41) is 20.7. The van der Waals surface area contributed by atoms with Crippen molar-refractivity contribution in [3.8, 4) is 0 Å². The van der Waals surface area contributed by atoms with E-state index in [2.05, 4.69) is 110 Å². The van der Waals surface area contributed by atoms with Gasteiger partial charge in [-0.3, -0.25) is 4.79 Å². The third-order valence-corrected chi connectivity index (χ3v) is 9.22. The van der Waals surface area contributed by atoms with Crippen molar-refractivity contribution in [2.45, 2.75) is 20.3 Å². The molecule has 0 aliphatic carbocycles. The first kappa shape index (κ1) is 28.0. The summed E-state index contributed by atoms with van der Waals surface area (Å²) in [5.74, 6) is -1.92. The Balaban J connectivity index is 0.000000591. The van der Waals surface area contributed by atoms with Crippen LogP contribution in [-0.4, -0.2) is 48.7 Å². The highest BCUT2D eigenvalue weighted by Gasteiger charge is 2.44. The molecule has 0 aromatic heterocycles. The summed E-state index contributed by atoms with van der Waals surface area (Å²) in [6.45, 7) is 3.17. The zero-order chi connectivity index (χ0) is 24.7. The van der Waals surface area contributed by atoms with Crippen molar-refractivity contribution in [2.75, 3.05) is 26.8 Å². The molecule has 176 valence electrons. The van der Waals surface area contributed by atoms with E-state index in [4.69, 9.17) is 19.8 Å². The minimum absolute atomic E-state index is 0.833. The quantitative estimate of drug-likeness (QED) is 0.541. The van der Waals surface area contributed by atoms with Crippen LogP contribution >= 0.6 is 7.26 Å². The fraction of sp³-hybridized carbons (Fsp3) is 0.259. The number of carboxylic acid groups (broad SMARTS) is 2. The van der Waals surface area contributed by atoms with Gasteiger partial charge in [0.05, 0.1) is 6.16 Å². The first-order valence-electron chi connectivity index (χ1n) is 10.8. The van der Waals surface area contributed by atoms with Gasteiger partial charge in [0, 0.05) is 19.4 Å². The summed E-state index contributed by atoms with van der Waals surface area (Å²) in [6.07, 6.45) is 2.39. The van der Waals surface area contributed by atoms with Gasteiger partial charge in [-0.15, -0.1) is 0 Å². The van der Waals surface area contributed by atoms with Crippen LogP contribution in [0.5, 0.6) is 0 Å². The zero-order valence-electron chi connectivity index (χ0n) is 19.8. The third-order valence-electron chi connectivity index (χ3n) is 4.69. The topological polar surface area (TPSA) is 80.7 Å². The van der Waals surface area contributed by atoms with Gasteiger partial charge in [0.15, 0.2) is 0 Å². The molecule has 0 amide bonds. The molecule has 3 aromatic rings. The molecule has 0 saturated heterocycles. The van der Waals surface area contributed by atoms with Crippen LogP contribution in [-0.2, 0) is 9.59 Å². The second-order valence-corrected chi connectivity index (χ2v) is 11.3. The maximum atomic E-state index is 9.00. The average molecular weight is 468 g/mol. The number of carbonyl (C=O) groups excluding carboxylic acids is 1. The van der Waals surface area contributed by atoms with Crippen molar-refractivity contribution in [3.05, 3.63) is 91.0 Å². The SMILES string of the molecule is CC(=O)O.CC(=O)[O-].CN(C)CCC[P+](c1ccccc1)(c1ccccc1)c1ccccc1. The first-order chi connectivity index (χ1) is 15.7. The summed E-state index contributed by atoms with van der Waals surface area (Å²) in [4.78, 5) is 20.2. The molecule has 0 saturated carbocycles. The first-order valence-corrected chi connectivity index (χ1v) is 12.7. The molecule has 0 spiro atoms. The number of nitrogens with zero attached hydrogens (tertiary/aromatic N) is 1. The van der Waals surface area contributed by atoms with Gasteiger partial charge in [-0.25, -0.2) is 0 Å². The van der Waals surface area contributed by atoms with E-state index in [-0.39, 0.29) is 0 Å². The lowest BCUT2D eigenvalue weighted by atomic mass is 10.3. The Bertz CT molecular complexity index is 831. The molecule has 1 N–H and O–H groups in total. The summed E-state index contributed by atoms with van der Waals surface area (Å²) in [7, 11) is 2.68. The van der Waals surface area contributed by atoms with Gasteiger partial charge in [0.25, 0.3) is 5.97 Å². The molecule has 0 fully saturated rings. The maximum absolute atomic E-state index is 9.00. The predicted octanol–water partition coefficient (Wildman–Crippen LogP) is 2.78. The number of rotatable bonds is 7. The Kier molecular flexibility index (Phi) is 12.7. The fourth-order valence-corrected chi connectivity index (χ4v) is 7.83. The average Bonchev–Trinajstić information content (AvgIpc) is 2.78. The Morgan fingerprint density at radius 2 is 1.03 bits per heavy atom. The lowest BCUT2D eigenvalue weighted by Crippen LogP contribution is -2.34. The molecular weight excluding hydrogens is 433 g/mol. The van der Waals surface area contributed by atoms with E-state index >= 15 is 0 Å². The van der Waals surface area contributed by atoms with E-state index in [0.29, 0.717) is 0 Å². The lowest BCUT2D eigenvalue weighted by molar-refractivity contribution is -0.302. The zero-order valence-corrected chi connectivity index (χ0v) is 20.7. The highest BCUT2D eigenvalue weighted by Crippen LogP contribution is 2.55. The standard InChI is InChI=1S/C23H27NP.2C2H4O2/c1-24(2)19-12-20-25(21-13-6-3-7-14-21,22-15-8-4-9-16-22)23-17-10-5-11-18-23;2*1-2(3)4/h3-11,13-18H,12,19-20H2,1-2H3;2*1H3,(H,3,4)/q+1;;/p-1. The van der Waals surface area contributed by atoms with Gasteiger partial charge in [-0.1, -0.05) is 54.6 Å². The minimum Gasteiger partial charge on any atom is -0.550 e. The Labute approximate surface area is 198 Å². The Morgan fingerprint density at radius 3 is 1.27 bits per heavy atom. The van der Waals surface area contributed by atoms with Crippen LogP contribution in [0.4, 0.5) is 0 Å². The van der Waals surface area contributed by atoms with Crippen LogP contribution in [0.25, 0.3) is 0 Å². The number of carbonyl (C=O) groups is 2. The minimum atomic E-state index is -1.64. The lowest BCUT2D eigenvalue weighted by Gasteiger charge is -2.28. The number of aliphatic carboxylic acids is 2. The number of hydrogen-bond acceptors (Lipinski definition) is 4. The van der Waals surface area contributed by atoms with E-state index in [0.717, 1.165) is 20.4 Å². The highest BCUT2D eigenvalue weighted by molar-refractivity contribution is 7.95. The van der Waals surface area contributed by atoms with Crippen LogP contribution in [0.15, 0.2) is 91.0 Å². The van der Waals surface area contributed by atoms with Crippen molar-refractivity contribution in [1.82, 2.24) is 4.90 Å². The van der Waals surface area contributed by atoms with Gasteiger partial charge < -0.3 is 19.9 Å². The van der Waals surface area contributed by atoms with Crippen LogP contribution in [0.2, 0.25) is 0 Å². The maximum Gasteiger partial charge on any atom is 0.300 e. The Morgan fingerprint density at radius 1 is 0.758 bits per heavy atom. The van der Waals surface area contributed by atoms with E-state index in [1.807, 2.05) is 0 Å². The highest BCUT2D eigenvalue weighted by atomic mass is 31.2. The van der Waals surface area contributed by atoms with Crippen molar-refractivity contribution in [1.29, 1.82) is 0 Å². The van der Waals surface area contributed by atoms with Crippen molar-refractivity contribution >= 4 is 35.1 Å². The predicted molar refractivity (Wildman–Crippen MR) is 137 cm³/mol. The third kappa shape index (κ3) is 9.98.